The highest BCUT2D eigenvalue weighted by atomic mass is 19.4. The number of carbonyl (C=O) groups excluding carboxylic acids is 1. The van der Waals surface area contributed by atoms with Crippen LogP contribution in [0.5, 0.6) is 5.75 Å². The van der Waals surface area contributed by atoms with Crippen molar-refractivity contribution in [1.82, 2.24) is 24.5 Å². The molecule has 0 bridgehead atoms. The number of fused-ring (bicyclic) bond motifs is 1. The van der Waals surface area contributed by atoms with Gasteiger partial charge in [-0.3, -0.25) is 4.79 Å². The van der Waals surface area contributed by atoms with E-state index in [0.29, 0.717) is 46.8 Å². The lowest BCUT2D eigenvalue weighted by Crippen LogP contribution is -2.25. The monoisotopic (exact) mass is 486 g/mol. The second-order valence-corrected chi connectivity index (χ2v) is 7.94. The third-order valence-electron chi connectivity index (χ3n) is 5.80. The summed E-state index contributed by atoms with van der Waals surface area (Å²) < 4.78 is 60.9. The number of carbonyl (C=O) groups is 1. The van der Waals surface area contributed by atoms with E-state index in [-0.39, 0.29) is 11.7 Å². The largest absolute Gasteiger partial charge is 0.495 e. The average molecular weight is 486 g/mol. The van der Waals surface area contributed by atoms with Crippen LogP contribution in [0.1, 0.15) is 23.7 Å². The molecule has 12 heteroatoms. The lowest BCUT2D eigenvalue weighted by atomic mass is 10.1. The summed E-state index contributed by atoms with van der Waals surface area (Å²) in [5, 5.41) is 11.0. The Hall–Kier alpha value is -4.22. The van der Waals surface area contributed by atoms with Gasteiger partial charge >= 0.3 is 6.18 Å². The third-order valence-corrected chi connectivity index (χ3v) is 5.80. The lowest BCUT2D eigenvalue weighted by molar-refractivity contribution is -0.140. The maximum Gasteiger partial charge on any atom is 0.434 e. The first-order valence-corrected chi connectivity index (χ1v) is 10.5. The first-order chi connectivity index (χ1) is 16.7. The molecule has 1 atom stereocenters. The molecule has 180 valence electrons. The molecule has 0 aliphatic carbocycles. The van der Waals surface area contributed by atoms with E-state index in [0.717, 1.165) is 12.5 Å². The van der Waals surface area contributed by atoms with Gasteiger partial charge in [-0.1, -0.05) is 17.3 Å². The van der Waals surface area contributed by atoms with Gasteiger partial charge < -0.3 is 14.6 Å². The second-order valence-electron chi connectivity index (χ2n) is 7.94. The van der Waals surface area contributed by atoms with Crippen LogP contribution in [0.3, 0.4) is 0 Å². The Morgan fingerprint density at radius 2 is 2.00 bits per heavy atom. The van der Waals surface area contributed by atoms with E-state index in [1.807, 2.05) is 0 Å². The molecule has 35 heavy (non-hydrogen) atoms. The van der Waals surface area contributed by atoms with Gasteiger partial charge in [-0.2, -0.15) is 13.2 Å². The summed E-state index contributed by atoms with van der Waals surface area (Å²) >= 11 is 0. The molecule has 2 aromatic heterocycles. The van der Waals surface area contributed by atoms with Gasteiger partial charge in [0.1, 0.15) is 23.3 Å². The summed E-state index contributed by atoms with van der Waals surface area (Å²) in [5.74, 6) is -0.421. The quantitative estimate of drug-likeness (QED) is 0.432. The van der Waals surface area contributed by atoms with Crippen LogP contribution >= 0.6 is 0 Å². The second kappa shape index (κ2) is 8.53. The van der Waals surface area contributed by atoms with Crippen LogP contribution < -0.4 is 10.1 Å². The summed E-state index contributed by atoms with van der Waals surface area (Å²) in [6, 6.07) is 8.67. The summed E-state index contributed by atoms with van der Waals surface area (Å²) in [7, 11) is 1.40. The molecule has 2 aromatic carbocycles. The van der Waals surface area contributed by atoms with Crippen molar-refractivity contribution in [3.05, 3.63) is 72.2 Å². The zero-order chi connectivity index (χ0) is 24.7. The number of alkyl halides is 3. The van der Waals surface area contributed by atoms with Gasteiger partial charge in [-0.05, 0) is 37.1 Å². The fourth-order valence-corrected chi connectivity index (χ4v) is 4.02. The minimum Gasteiger partial charge on any atom is -0.495 e. The van der Waals surface area contributed by atoms with E-state index in [1.165, 1.54) is 28.5 Å². The van der Waals surface area contributed by atoms with Crippen molar-refractivity contribution in [2.75, 3.05) is 12.4 Å². The first-order valence-electron chi connectivity index (χ1n) is 10.5. The molecule has 1 amide bonds. The molecule has 0 saturated heterocycles. The smallest absolute Gasteiger partial charge is 0.434 e. The molecule has 3 heterocycles. The minimum absolute atomic E-state index is 0.293. The van der Waals surface area contributed by atoms with Gasteiger partial charge in [0.2, 0.25) is 5.91 Å². The normalized spacial score (nSPS) is 15.9. The molecule has 0 fully saturated rings. The summed E-state index contributed by atoms with van der Waals surface area (Å²) in [5.41, 5.74) is 1.22. The molecule has 1 aliphatic heterocycles. The van der Waals surface area contributed by atoms with Crippen LogP contribution in [0, 0.1) is 5.82 Å². The number of anilines is 1. The van der Waals surface area contributed by atoms with Crippen LogP contribution in [0.15, 0.2) is 55.1 Å². The standard InChI is InChI=1S/C23H18F4N6O2/c1-35-20-9-13(5-7-18(20)32-11-21(28-12-32)23(25,26)27)17-10-33(31-30-17)19-8-6-14-15(24)3-2-4-16(14)29-22(19)34/h2-5,7,9-12,19H,6,8H2,1H3,(H,29,34). The van der Waals surface area contributed by atoms with Crippen molar-refractivity contribution in [3.63, 3.8) is 0 Å². The summed E-state index contributed by atoms with van der Waals surface area (Å²) in [6.07, 6.45) is -0.374. The average Bonchev–Trinajstić information content (AvgIpc) is 3.47. The minimum atomic E-state index is -4.56. The predicted octanol–water partition coefficient (Wildman–Crippen LogP) is 4.42. The highest BCUT2D eigenvalue weighted by Crippen LogP contribution is 2.33. The van der Waals surface area contributed by atoms with Crippen molar-refractivity contribution >= 4 is 11.6 Å². The number of amides is 1. The molecule has 1 unspecified atom stereocenters. The SMILES string of the molecule is COc1cc(-c2cn(C3CCc4c(F)cccc4NC3=O)nn2)ccc1-n1cnc(C(F)(F)F)c1. The van der Waals surface area contributed by atoms with E-state index < -0.39 is 17.9 Å². The fourth-order valence-electron chi connectivity index (χ4n) is 4.02. The molecular formula is C23H18F4N6O2. The van der Waals surface area contributed by atoms with Crippen molar-refractivity contribution in [2.24, 2.45) is 0 Å². The highest BCUT2D eigenvalue weighted by Gasteiger charge is 2.34. The van der Waals surface area contributed by atoms with E-state index in [4.69, 9.17) is 4.74 Å². The fraction of sp³-hybridized carbons (Fsp3) is 0.217. The van der Waals surface area contributed by atoms with Crippen molar-refractivity contribution < 1.29 is 27.1 Å². The number of benzene rings is 2. The predicted molar refractivity (Wildman–Crippen MR) is 117 cm³/mol. The molecule has 1 aliphatic rings. The number of aromatic nitrogens is 5. The Labute approximate surface area is 196 Å². The van der Waals surface area contributed by atoms with Gasteiger partial charge in [-0.15, -0.1) is 5.10 Å². The molecule has 0 radical (unpaired) electrons. The number of nitrogens with one attached hydrogen (secondary N) is 1. The van der Waals surface area contributed by atoms with Crippen LogP contribution in [-0.4, -0.2) is 37.6 Å². The number of hydrogen-bond acceptors (Lipinski definition) is 5. The van der Waals surface area contributed by atoms with Crippen molar-refractivity contribution in [2.45, 2.75) is 25.1 Å². The van der Waals surface area contributed by atoms with Crippen LogP contribution in [-0.2, 0) is 17.4 Å². The van der Waals surface area contributed by atoms with Crippen molar-refractivity contribution in [3.8, 4) is 22.7 Å². The van der Waals surface area contributed by atoms with Gasteiger partial charge in [0.25, 0.3) is 0 Å². The lowest BCUT2D eigenvalue weighted by Gasteiger charge is -2.12. The molecule has 0 spiro atoms. The number of methoxy groups -OCH3 is 1. The number of halogens is 4. The van der Waals surface area contributed by atoms with E-state index in [2.05, 4.69) is 20.6 Å². The van der Waals surface area contributed by atoms with Gasteiger partial charge in [0, 0.05) is 23.0 Å². The Kier molecular flexibility index (Phi) is 5.50. The first kappa shape index (κ1) is 22.6. The Morgan fingerprint density at radius 3 is 2.74 bits per heavy atom. The van der Waals surface area contributed by atoms with Crippen molar-refractivity contribution in [1.29, 1.82) is 0 Å². The maximum absolute atomic E-state index is 14.2. The molecule has 4 aromatic rings. The summed E-state index contributed by atoms with van der Waals surface area (Å²) in [6.45, 7) is 0. The number of rotatable bonds is 4. The van der Waals surface area contributed by atoms with Crippen LogP contribution in [0.4, 0.5) is 23.2 Å². The number of ether oxygens (including phenoxy) is 1. The molecule has 8 nitrogen and oxygen atoms in total. The van der Waals surface area contributed by atoms with Gasteiger partial charge in [0.15, 0.2) is 5.69 Å². The zero-order valence-corrected chi connectivity index (χ0v) is 18.3. The van der Waals surface area contributed by atoms with E-state index in [1.54, 1.807) is 30.5 Å². The highest BCUT2D eigenvalue weighted by molar-refractivity contribution is 5.95. The molecule has 1 N–H and O–H groups in total. The Bertz CT molecular complexity index is 1410. The van der Waals surface area contributed by atoms with E-state index >= 15 is 0 Å². The van der Waals surface area contributed by atoms with E-state index in [9.17, 15) is 22.4 Å². The maximum atomic E-state index is 14.2. The molecule has 5 rings (SSSR count). The molecular weight excluding hydrogens is 468 g/mol. The Morgan fingerprint density at radius 1 is 1.17 bits per heavy atom. The topological polar surface area (TPSA) is 86.9 Å². The number of nitrogens with zero attached hydrogens (tertiary/aromatic N) is 5. The summed E-state index contributed by atoms with van der Waals surface area (Å²) in [4.78, 5) is 16.2. The molecule has 0 saturated carbocycles. The van der Waals surface area contributed by atoms with Gasteiger partial charge in [0.05, 0.1) is 25.3 Å². The van der Waals surface area contributed by atoms with Gasteiger partial charge in [-0.25, -0.2) is 14.1 Å². The number of imidazole rings is 1. The van der Waals surface area contributed by atoms with Crippen LogP contribution in [0.25, 0.3) is 16.9 Å². The Balaban J connectivity index is 1.41. The zero-order valence-electron chi connectivity index (χ0n) is 18.3. The van der Waals surface area contributed by atoms with Crippen LogP contribution in [0.2, 0.25) is 0 Å². The number of hydrogen-bond donors (Lipinski definition) is 1. The third kappa shape index (κ3) is 4.22.